The van der Waals surface area contributed by atoms with Gasteiger partial charge in [0.2, 0.25) is 5.91 Å². The summed E-state index contributed by atoms with van der Waals surface area (Å²) in [6.45, 7) is 0.559. The summed E-state index contributed by atoms with van der Waals surface area (Å²) < 4.78 is 15.7. The smallest absolute Gasteiger partial charge is 0.246 e. The number of anilines is 1. The van der Waals surface area contributed by atoms with E-state index in [1.165, 1.54) is 4.68 Å². The number of carbonyl (C=O) groups is 1. The predicted molar refractivity (Wildman–Crippen MR) is 93.6 cm³/mol. The van der Waals surface area contributed by atoms with Crippen LogP contribution in [-0.4, -0.2) is 50.1 Å². The van der Waals surface area contributed by atoms with Crippen LogP contribution < -0.4 is 16.7 Å². The summed E-state index contributed by atoms with van der Waals surface area (Å²) in [5.41, 5.74) is 1.15. The van der Waals surface area contributed by atoms with Crippen molar-refractivity contribution in [2.45, 2.75) is 12.5 Å². The Morgan fingerprint density at radius 2 is 2.19 bits per heavy atom. The molecule has 4 N–H and O–H groups in total. The van der Waals surface area contributed by atoms with Crippen LogP contribution in [0, 0.1) is 5.82 Å². The number of hydrogen-bond donors (Lipinski definition) is 2. The van der Waals surface area contributed by atoms with Crippen LogP contribution in [0.25, 0.3) is 22.4 Å². The summed E-state index contributed by atoms with van der Waals surface area (Å²) in [6.07, 6.45) is 4.77. The minimum atomic E-state index is -0.701. The monoisotopic (exact) mass is 356 g/mol. The van der Waals surface area contributed by atoms with Crippen molar-refractivity contribution in [1.82, 2.24) is 24.5 Å². The fraction of sp³-hybridized carbons (Fsp3) is 0.250. The van der Waals surface area contributed by atoms with Crippen molar-refractivity contribution in [3.05, 3.63) is 36.5 Å². The zero-order valence-electron chi connectivity index (χ0n) is 14.0. The number of pyridine rings is 1. The first kappa shape index (κ1) is 16.2. The molecule has 1 unspecified atom stereocenters. The molecule has 0 aromatic carbocycles. The van der Waals surface area contributed by atoms with Crippen molar-refractivity contribution in [3.63, 3.8) is 0 Å². The molecule has 1 saturated heterocycles. The maximum atomic E-state index is 14.3. The number of nitrogens with zero attached hydrogens (tertiary/aromatic N) is 6. The molecular formula is C16H17FN8O. The maximum absolute atomic E-state index is 14.3. The summed E-state index contributed by atoms with van der Waals surface area (Å²) >= 11 is 0. The lowest BCUT2D eigenvalue weighted by molar-refractivity contribution is -0.127. The Morgan fingerprint density at radius 1 is 1.38 bits per heavy atom. The van der Waals surface area contributed by atoms with E-state index in [9.17, 15) is 9.18 Å². The number of carbonyl (C=O) groups excluding carboxylic acids is 1. The van der Waals surface area contributed by atoms with E-state index in [1.54, 1.807) is 30.4 Å². The Balaban J connectivity index is 1.78. The third-order valence-corrected chi connectivity index (χ3v) is 4.54. The number of hydrogen-bond acceptors (Lipinski definition) is 7. The van der Waals surface area contributed by atoms with Gasteiger partial charge in [-0.1, -0.05) is 0 Å². The normalized spacial score (nSPS) is 17.3. The molecule has 1 amide bonds. The van der Waals surface area contributed by atoms with Crippen LogP contribution in [0.5, 0.6) is 0 Å². The topological polar surface area (TPSA) is 119 Å². The van der Waals surface area contributed by atoms with Crippen LogP contribution in [0.4, 0.5) is 10.2 Å². The molecule has 4 heterocycles. The van der Waals surface area contributed by atoms with Crippen molar-refractivity contribution < 1.29 is 9.18 Å². The first-order valence-electron chi connectivity index (χ1n) is 8.00. The molecule has 9 nitrogen and oxygen atoms in total. The van der Waals surface area contributed by atoms with Crippen molar-refractivity contribution in [2.24, 2.45) is 5.84 Å². The Hall–Kier alpha value is -3.27. The van der Waals surface area contributed by atoms with Crippen molar-refractivity contribution in [1.29, 1.82) is 0 Å². The van der Waals surface area contributed by atoms with E-state index < -0.39 is 11.9 Å². The number of nitrogen functional groups attached to an aromatic ring is 1. The molecule has 3 aromatic rings. The Kier molecular flexibility index (Phi) is 3.69. The molecule has 1 aliphatic rings. The molecule has 0 saturated carbocycles. The number of aromatic nitrogens is 4. The zero-order valence-corrected chi connectivity index (χ0v) is 14.0. The van der Waals surface area contributed by atoms with Gasteiger partial charge in [-0.05, 0) is 18.6 Å². The fourth-order valence-electron chi connectivity index (χ4n) is 3.14. The molecular weight excluding hydrogens is 339 g/mol. The van der Waals surface area contributed by atoms with Crippen LogP contribution >= 0.6 is 0 Å². The van der Waals surface area contributed by atoms with Gasteiger partial charge in [-0.3, -0.25) is 14.5 Å². The van der Waals surface area contributed by atoms with Gasteiger partial charge in [0.15, 0.2) is 23.1 Å². The number of halogens is 1. The van der Waals surface area contributed by atoms with Gasteiger partial charge in [0.1, 0.15) is 6.04 Å². The molecule has 4 rings (SSSR count). The lowest BCUT2D eigenvalue weighted by Gasteiger charge is -2.23. The SMILES string of the molecule is CN1CCC(N(N)c2nc(-c3cn(N)c4ncccc34)ncc2F)C1=O. The van der Waals surface area contributed by atoms with Crippen LogP contribution in [0.2, 0.25) is 0 Å². The average Bonchev–Trinajstić information content (AvgIpc) is 3.16. The highest BCUT2D eigenvalue weighted by Gasteiger charge is 2.35. The third kappa shape index (κ3) is 2.42. The lowest BCUT2D eigenvalue weighted by atomic mass is 10.2. The van der Waals surface area contributed by atoms with Crippen LogP contribution in [-0.2, 0) is 4.79 Å². The first-order valence-corrected chi connectivity index (χ1v) is 8.00. The van der Waals surface area contributed by atoms with Gasteiger partial charge in [0.05, 0.1) is 6.20 Å². The van der Waals surface area contributed by atoms with Crippen molar-refractivity contribution in [3.8, 4) is 11.4 Å². The molecule has 10 heteroatoms. The Bertz CT molecular complexity index is 1000. The van der Waals surface area contributed by atoms with Gasteiger partial charge in [-0.2, -0.15) is 0 Å². The molecule has 3 aromatic heterocycles. The predicted octanol–water partition coefficient (Wildman–Crippen LogP) is 0.257. The van der Waals surface area contributed by atoms with Crippen molar-refractivity contribution >= 4 is 22.8 Å². The van der Waals surface area contributed by atoms with E-state index in [1.807, 2.05) is 6.07 Å². The average molecular weight is 356 g/mol. The quantitative estimate of drug-likeness (QED) is 0.510. The second-order valence-electron chi connectivity index (χ2n) is 6.16. The summed E-state index contributed by atoms with van der Waals surface area (Å²) in [4.78, 5) is 26.2. The molecule has 1 atom stereocenters. The molecule has 0 bridgehead atoms. The second-order valence-corrected chi connectivity index (χ2v) is 6.16. The van der Waals surface area contributed by atoms with E-state index >= 15 is 0 Å². The van der Waals surface area contributed by atoms with E-state index in [-0.39, 0.29) is 17.5 Å². The van der Waals surface area contributed by atoms with E-state index in [2.05, 4.69) is 15.0 Å². The van der Waals surface area contributed by atoms with Gasteiger partial charge in [0.25, 0.3) is 0 Å². The zero-order chi connectivity index (χ0) is 18.4. The lowest BCUT2D eigenvalue weighted by Crippen LogP contribution is -2.46. The minimum absolute atomic E-state index is 0.134. The number of fused-ring (bicyclic) bond motifs is 1. The molecule has 0 radical (unpaired) electrons. The highest BCUT2D eigenvalue weighted by atomic mass is 19.1. The van der Waals surface area contributed by atoms with Gasteiger partial charge in [-0.15, -0.1) is 0 Å². The van der Waals surface area contributed by atoms with Gasteiger partial charge < -0.3 is 10.7 Å². The van der Waals surface area contributed by atoms with E-state index in [0.29, 0.717) is 24.2 Å². The van der Waals surface area contributed by atoms with Crippen LogP contribution in [0.15, 0.2) is 30.7 Å². The van der Waals surface area contributed by atoms with Crippen LogP contribution in [0.3, 0.4) is 0 Å². The van der Waals surface area contributed by atoms with Gasteiger partial charge >= 0.3 is 0 Å². The van der Waals surface area contributed by atoms with Crippen molar-refractivity contribution in [2.75, 3.05) is 24.4 Å². The van der Waals surface area contributed by atoms with Gasteiger partial charge in [0, 0.05) is 36.9 Å². The summed E-state index contributed by atoms with van der Waals surface area (Å²) in [5.74, 6) is 11.2. The van der Waals surface area contributed by atoms with Crippen LogP contribution in [0.1, 0.15) is 6.42 Å². The number of nitrogens with two attached hydrogens (primary N) is 2. The molecule has 1 aliphatic heterocycles. The number of hydrazine groups is 1. The molecule has 0 spiro atoms. The van der Waals surface area contributed by atoms with Gasteiger partial charge in [-0.25, -0.2) is 25.2 Å². The fourth-order valence-corrected chi connectivity index (χ4v) is 3.14. The van der Waals surface area contributed by atoms with E-state index in [0.717, 1.165) is 16.6 Å². The molecule has 1 fully saturated rings. The number of likely N-dealkylation sites (tertiary alicyclic amines) is 1. The molecule has 134 valence electrons. The standard InChI is InChI=1S/C16H17FN8O/c1-23-6-4-12(16(23)26)25(19)15-11(17)7-21-13(22-15)10-8-24(18)14-9(10)3-2-5-20-14/h2-3,5,7-8,12H,4,6,18-19H2,1H3. The summed E-state index contributed by atoms with van der Waals surface area (Å²) in [6, 6.07) is 2.93. The second kappa shape index (κ2) is 5.92. The highest BCUT2D eigenvalue weighted by molar-refractivity contribution is 5.92. The third-order valence-electron chi connectivity index (χ3n) is 4.54. The maximum Gasteiger partial charge on any atom is 0.246 e. The summed E-state index contributed by atoms with van der Waals surface area (Å²) in [5, 5.41) is 1.81. The molecule has 0 aliphatic carbocycles. The largest absolute Gasteiger partial charge is 0.344 e. The van der Waals surface area contributed by atoms with E-state index in [4.69, 9.17) is 11.7 Å². The molecule has 26 heavy (non-hydrogen) atoms. The minimum Gasteiger partial charge on any atom is -0.344 e. The summed E-state index contributed by atoms with van der Waals surface area (Å²) in [7, 11) is 1.68. The Morgan fingerprint density at radius 3 is 2.92 bits per heavy atom. The number of rotatable bonds is 3. The highest BCUT2D eigenvalue weighted by Crippen LogP contribution is 2.28. The number of amides is 1. The Labute approximate surface area is 148 Å². The number of likely N-dealkylation sites (N-methyl/N-ethyl adjacent to an activating group) is 1. The first-order chi connectivity index (χ1) is 12.5.